The van der Waals surface area contributed by atoms with Crippen LogP contribution in [0, 0.1) is 5.92 Å². The lowest BCUT2D eigenvalue weighted by Gasteiger charge is -2.22. The highest BCUT2D eigenvalue weighted by Gasteiger charge is 2.29. The van der Waals surface area contributed by atoms with Gasteiger partial charge in [0.25, 0.3) is 0 Å². The summed E-state index contributed by atoms with van der Waals surface area (Å²) in [7, 11) is 0. The molecule has 1 aromatic heterocycles. The van der Waals surface area contributed by atoms with E-state index in [0.29, 0.717) is 6.04 Å². The number of nitrogens with one attached hydrogen (secondary N) is 1. The van der Waals surface area contributed by atoms with Crippen molar-refractivity contribution in [3.05, 3.63) is 29.0 Å². The summed E-state index contributed by atoms with van der Waals surface area (Å²) >= 11 is 6.17. The van der Waals surface area contributed by atoms with Crippen molar-refractivity contribution in [1.82, 2.24) is 14.9 Å². The van der Waals surface area contributed by atoms with Crippen molar-refractivity contribution in [2.24, 2.45) is 5.92 Å². The molecule has 2 fully saturated rings. The number of hydrogen-bond donors (Lipinski definition) is 1. The summed E-state index contributed by atoms with van der Waals surface area (Å²) in [6.45, 7) is 2.31. The van der Waals surface area contributed by atoms with Crippen LogP contribution >= 0.6 is 11.6 Å². The Balaban J connectivity index is 1.72. The summed E-state index contributed by atoms with van der Waals surface area (Å²) < 4.78 is 2.45. The lowest BCUT2D eigenvalue weighted by Crippen LogP contribution is -2.31. The molecule has 0 spiro atoms. The lowest BCUT2D eigenvalue weighted by molar-refractivity contribution is 0.367. The first-order valence-corrected chi connectivity index (χ1v) is 8.06. The summed E-state index contributed by atoms with van der Waals surface area (Å²) in [5, 5.41) is 4.31. The molecule has 106 valence electrons. The standard InChI is InChI=1S/C16H20ClN3/c17-12-3-6-14-15(9-12)20(13-4-5-13)16(19-14)8-11-2-1-7-18-10-11/h3,6,9,11,13,18H,1-2,4-5,7-8,10H2. The van der Waals surface area contributed by atoms with Gasteiger partial charge >= 0.3 is 0 Å². The van der Waals surface area contributed by atoms with Gasteiger partial charge in [-0.2, -0.15) is 0 Å². The van der Waals surface area contributed by atoms with Gasteiger partial charge in [-0.3, -0.25) is 0 Å². The second-order valence-corrected chi connectivity index (χ2v) is 6.62. The van der Waals surface area contributed by atoms with Gasteiger partial charge in [-0.1, -0.05) is 11.6 Å². The van der Waals surface area contributed by atoms with E-state index in [0.717, 1.165) is 29.4 Å². The molecule has 1 unspecified atom stereocenters. The molecule has 1 aromatic carbocycles. The third-order valence-electron chi connectivity index (χ3n) is 4.51. The largest absolute Gasteiger partial charge is 0.325 e. The molecule has 0 amide bonds. The molecule has 4 rings (SSSR count). The molecule has 0 radical (unpaired) electrons. The van der Waals surface area contributed by atoms with Gasteiger partial charge < -0.3 is 9.88 Å². The van der Waals surface area contributed by atoms with Crippen LogP contribution in [0.5, 0.6) is 0 Å². The molecule has 2 aromatic rings. The van der Waals surface area contributed by atoms with Gasteiger partial charge in [0.1, 0.15) is 5.82 Å². The fourth-order valence-electron chi connectivity index (χ4n) is 3.36. The first-order chi connectivity index (χ1) is 9.81. The number of halogens is 1. The zero-order valence-corrected chi connectivity index (χ0v) is 12.4. The average molecular weight is 290 g/mol. The van der Waals surface area contributed by atoms with E-state index in [1.54, 1.807) is 0 Å². The van der Waals surface area contributed by atoms with Crippen molar-refractivity contribution in [1.29, 1.82) is 0 Å². The number of aromatic nitrogens is 2. The third-order valence-corrected chi connectivity index (χ3v) is 4.74. The fraction of sp³-hybridized carbons (Fsp3) is 0.562. The minimum Gasteiger partial charge on any atom is -0.325 e. The molecule has 1 aliphatic heterocycles. The minimum absolute atomic E-state index is 0.657. The highest BCUT2D eigenvalue weighted by molar-refractivity contribution is 6.31. The first-order valence-electron chi connectivity index (χ1n) is 7.68. The number of nitrogens with zero attached hydrogens (tertiary/aromatic N) is 2. The molecule has 20 heavy (non-hydrogen) atoms. The minimum atomic E-state index is 0.657. The molecule has 0 bridgehead atoms. The summed E-state index contributed by atoms with van der Waals surface area (Å²) in [5.41, 5.74) is 2.32. The van der Waals surface area contributed by atoms with Crippen LogP contribution in [0.3, 0.4) is 0 Å². The number of benzene rings is 1. The van der Waals surface area contributed by atoms with Gasteiger partial charge in [0.15, 0.2) is 0 Å². The van der Waals surface area contributed by atoms with Crippen LogP contribution in [0.15, 0.2) is 18.2 Å². The van der Waals surface area contributed by atoms with Gasteiger partial charge in [0.05, 0.1) is 11.0 Å². The summed E-state index contributed by atoms with van der Waals surface area (Å²) in [5.74, 6) is 1.99. The van der Waals surface area contributed by atoms with E-state index in [1.165, 1.54) is 43.6 Å². The number of fused-ring (bicyclic) bond motifs is 1. The fourth-order valence-corrected chi connectivity index (χ4v) is 3.52. The Kier molecular flexibility index (Phi) is 3.20. The molecule has 1 N–H and O–H groups in total. The normalized spacial score (nSPS) is 23.4. The van der Waals surface area contributed by atoms with E-state index in [2.05, 4.69) is 22.0 Å². The van der Waals surface area contributed by atoms with Crippen molar-refractivity contribution in [2.75, 3.05) is 13.1 Å². The topological polar surface area (TPSA) is 29.9 Å². The Morgan fingerprint density at radius 2 is 2.20 bits per heavy atom. The maximum absolute atomic E-state index is 6.17. The van der Waals surface area contributed by atoms with Crippen LogP contribution in [0.1, 0.15) is 37.5 Å². The summed E-state index contributed by atoms with van der Waals surface area (Å²) in [6.07, 6.45) is 6.28. The second-order valence-electron chi connectivity index (χ2n) is 6.18. The zero-order valence-electron chi connectivity index (χ0n) is 11.6. The molecule has 1 saturated carbocycles. The number of rotatable bonds is 3. The van der Waals surface area contributed by atoms with Crippen LogP contribution in [0.25, 0.3) is 11.0 Å². The van der Waals surface area contributed by atoms with Crippen molar-refractivity contribution in [2.45, 2.75) is 38.1 Å². The van der Waals surface area contributed by atoms with Crippen molar-refractivity contribution in [3.8, 4) is 0 Å². The van der Waals surface area contributed by atoms with E-state index >= 15 is 0 Å². The highest BCUT2D eigenvalue weighted by atomic mass is 35.5. The Hall–Kier alpha value is -1.06. The zero-order chi connectivity index (χ0) is 13.5. The summed E-state index contributed by atoms with van der Waals surface area (Å²) in [6, 6.07) is 6.73. The van der Waals surface area contributed by atoms with Crippen LogP contribution < -0.4 is 5.32 Å². The Morgan fingerprint density at radius 1 is 1.30 bits per heavy atom. The molecule has 2 heterocycles. The van der Waals surface area contributed by atoms with Crippen molar-refractivity contribution < 1.29 is 0 Å². The van der Waals surface area contributed by atoms with E-state index in [4.69, 9.17) is 16.6 Å². The maximum atomic E-state index is 6.17. The summed E-state index contributed by atoms with van der Waals surface area (Å²) in [4.78, 5) is 4.89. The molecule has 4 heteroatoms. The lowest BCUT2D eigenvalue weighted by atomic mass is 9.96. The molecule has 1 atom stereocenters. The van der Waals surface area contributed by atoms with Crippen molar-refractivity contribution >= 4 is 22.6 Å². The second kappa shape index (κ2) is 5.05. The Bertz CT molecular complexity index is 624. The van der Waals surface area contributed by atoms with Gasteiger partial charge in [0.2, 0.25) is 0 Å². The van der Waals surface area contributed by atoms with Gasteiger partial charge in [-0.25, -0.2) is 4.98 Å². The maximum Gasteiger partial charge on any atom is 0.110 e. The van der Waals surface area contributed by atoms with E-state index in [9.17, 15) is 0 Å². The number of imidazole rings is 1. The molecular formula is C16H20ClN3. The molecule has 1 saturated heterocycles. The molecular weight excluding hydrogens is 270 g/mol. The Morgan fingerprint density at radius 3 is 2.95 bits per heavy atom. The molecule has 1 aliphatic carbocycles. The van der Waals surface area contributed by atoms with Gasteiger partial charge in [-0.15, -0.1) is 0 Å². The third kappa shape index (κ3) is 2.33. The highest BCUT2D eigenvalue weighted by Crippen LogP contribution is 2.39. The SMILES string of the molecule is Clc1ccc2nc(CC3CCCNC3)n(C3CC3)c2c1. The smallest absolute Gasteiger partial charge is 0.110 e. The molecule has 3 nitrogen and oxygen atoms in total. The Labute approximate surface area is 124 Å². The quantitative estimate of drug-likeness (QED) is 0.936. The number of hydrogen-bond acceptors (Lipinski definition) is 2. The van der Waals surface area contributed by atoms with Gasteiger partial charge in [0, 0.05) is 17.5 Å². The van der Waals surface area contributed by atoms with Crippen LogP contribution in [0.2, 0.25) is 5.02 Å². The van der Waals surface area contributed by atoms with E-state index in [1.807, 2.05) is 6.07 Å². The van der Waals surface area contributed by atoms with E-state index < -0.39 is 0 Å². The van der Waals surface area contributed by atoms with Crippen molar-refractivity contribution in [3.63, 3.8) is 0 Å². The molecule has 2 aliphatic rings. The van der Waals surface area contributed by atoms with Gasteiger partial charge in [-0.05, 0) is 62.9 Å². The average Bonchev–Trinajstić information content (AvgIpc) is 3.23. The van der Waals surface area contributed by atoms with Crippen LogP contribution in [0.4, 0.5) is 0 Å². The van der Waals surface area contributed by atoms with Crippen LogP contribution in [-0.4, -0.2) is 22.6 Å². The predicted molar refractivity (Wildman–Crippen MR) is 82.3 cm³/mol. The predicted octanol–water partition coefficient (Wildman–Crippen LogP) is 3.57. The monoisotopic (exact) mass is 289 g/mol. The first kappa shape index (κ1) is 12.7. The van der Waals surface area contributed by atoms with Crippen LogP contribution in [-0.2, 0) is 6.42 Å². The van der Waals surface area contributed by atoms with E-state index in [-0.39, 0.29) is 0 Å². The number of piperidine rings is 1.